The first-order valence-corrected chi connectivity index (χ1v) is 9.07. The van der Waals surface area contributed by atoms with E-state index in [-0.39, 0.29) is 5.41 Å². The van der Waals surface area contributed by atoms with Gasteiger partial charge in [0.2, 0.25) is 0 Å². The lowest BCUT2D eigenvalue weighted by molar-refractivity contribution is -0.137. The van der Waals surface area contributed by atoms with Gasteiger partial charge in [-0.3, -0.25) is 9.69 Å². The molecule has 4 aliphatic carbocycles. The molecule has 2 atom stereocenters. The Hall–Kier alpha value is -0.410. The average Bonchev–Trinajstić information content (AvgIpc) is 2.68. The highest BCUT2D eigenvalue weighted by Gasteiger charge is 2.52. The van der Waals surface area contributed by atoms with Crippen LogP contribution in [0, 0.1) is 23.2 Å². The Morgan fingerprint density at radius 3 is 2.14 bits per heavy atom. The molecule has 21 heavy (non-hydrogen) atoms. The molecule has 3 heteroatoms. The number of ketones is 1. The Morgan fingerprint density at radius 2 is 1.52 bits per heavy atom. The van der Waals surface area contributed by atoms with E-state index in [9.17, 15) is 4.79 Å². The molecule has 2 unspecified atom stereocenters. The zero-order chi connectivity index (χ0) is 14.4. The van der Waals surface area contributed by atoms with Crippen molar-refractivity contribution in [1.29, 1.82) is 0 Å². The van der Waals surface area contributed by atoms with Crippen LogP contribution in [-0.2, 0) is 4.79 Å². The first-order chi connectivity index (χ1) is 10.1. The summed E-state index contributed by atoms with van der Waals surface area (Å²) in [7, 11) is 2.18. The summed E-state index contributed by atoms with van der Waals surface area (Å²) < 4.78 is 0. The molecule has 118 valence electrons. The zero-order valence-electron chi connectivity index (χ0n) is 13.5. The van der Waals surface area contributed by atoms with Crippen LogP contribution in [0.4, 0.5) is 0 Å². The van der Waals surface area contributed by atoms with Gasteiger partial charge in [0.15, 0.2) is 5.78 Å². The van der Waals surface area contributed by atoms with Crippen LogP contribution in [-0.4, -0.2) is 55.4 Å². The number of piperazine rings is 1. The fraction of sp³-hybridized carbons (Fsp3) is 0.944. The molecule has 1 heterocycles. The van der Waals surface area contributed by atoms with E-state index >= 15 is 0 Å². The first kappa shape index (κ1) is 14.2. The molecule has 0 radical (unpaired) electrons. The van der Waals surface area contributed by atoms with E-state index in [0.29, 0.717) is 5.78 Å². The number of rotatable bonds is 3. The van der Waals surface area contributed by atoms with Crippen molar-refractivity contribution in [3.63, 3.8) is 0 Å². The van der Waals surface area contributed by atoms with E-state index in [1.54, 1.807) is 0 Å². The van der Waals surface area contributed by atoms with Gasteiger partial charge in [0.25, 0.3) is 0 Å². The molecule has 0 aromatic heterocycles. The minimum absolute atomic E-state index is 0.0936. The molecule has 4 bridgehead atoms. The minimum Gasteiger partial charge on any atom is -0.304 e. The maximum absolute atomic E-state index is 13.1. The van der Waals surface area contributed by atoms with Crippen molar-refractivity contribution in [1.82, 2.24) is 9.80 Å². The third-order valence-corrected chi connectivity index (χ3v) is 6.91. The third-order valence-electron chi connectivity index (χ3n) is 6.91. The maximum atomic E-state index is 13.1. The summed E-state index contributed by atoms with van der Waals surface area (Å²) in [5.74, 6) is 3.22. The molecule has 5 fully saturated rings. The molecule has 0 spiro atoms. The van der Waals surface area contributed by atoms with Crippen molar-refractivity contribution in [3.8, 4) is 0 Å². The van der Waals surface area contributed by atoms with E-state index in [0.717, 1.165) is 50.5 Å². The molecule has 5 rings (SSSR count). The summed E-state index contributed by atoms with van der Waals surface area (Å²) in [6.07, 6.45) is 9.36. The monoisotopic (exact) mass is 290 g/mol. The van der Waals surface area contributed by atoms with Gasteiger partial charge in [-0.2, -0.15) is 0 Å². The minimum atomic E-state index is 0.0936. The average molecular weight is 290 g/mol. The summed E-state index contributed by atoms with van der Waals surface area (Å²) in [4.78, 5) is 17.9. The van der Waals surface area contributed by atoms with E-state index in [4.69, 9.17) is 0 Å². The molecule has 1 saturated heterocycles. The summed E-state index contributed by atoms with van der Waals surface area (Å²) in [6.45, 7) is 5.13. The fourth-order valence-electron chi connectivity index (χ4n) is 5.91. The van der Waals surface area contributed by atoms with Gasteiger partial charge in [-0.15, -0.1) is 0 Å². The van der Waals surface area contributed by atoms with Gasteiger partial charge < -0.3 is 4.90 Å². The molecule has 0 N–H and O–H groups in total. The topological polar surface area (TPSA) is 23.6 Å². The Balaban J connectivity index is 1.46. The van der Waals surface area contributed by atoms with Crippen molar-refractivity contribution in [2.24, 2.45) is 23.2 Å². The van der Waals surface area contributed by atoms with Gasteiger partial charge in [-0.25, -0.2) is 0 Å². The van der Waals surface area contributed by atoms with Gasteiger partial charge in [-0.05, 0) is 56.9 Å². The lowest BCUT2D eigenvalue weighted by Crippen LogP contribution is -2.51. The molecule has 5 aliphatic rings. The van der Waals surface area contributed by atoms with E-state index in [1.165, 1.54) is 44.9 Å². The molecule has 0 aromatic rings. The van der Waals surface area contributed by atoms with Gasteiger partial charge in [-0.1, -0.05) is 12.8 Å². The molecule has 1 aliphatic heterocycles. The number of carbonyl (C=O) groups is 1. The van der Waals surface area contributed by atoms with Crippen LogP contribution in [0.15, 0.2) is 0 Å². The highest BCUT2D eigenvalue weighted by Crippen LogP contribution is 2.58. The van der Waals surface area contributed by atoms with Crippen LogP contribution in [0.5, 0.6) is 0 Å². The van der Waals surface area contributed by atoms with Crippen LogP contribution >= 0.6 is 0 Å². The molecule has 4 saturated carbocycles. The standard InChI is InChI=1S/C18H30N2O/c1-19-4-6-20(7-5-19)13-17(21)18-10-14-2-3-15(11-18)9-16(8-14)12-18/h14-16H,2-13H2,1H3. The fourth-order valence-corrected chi connectivity index (χ4v) is 5.91. The molecular weight excluding hydrogens is 260 g/mol. The lowest BCUT2D eigenvalue weighted by Gasteiger charge is -2.48. The number of hydrogen-bond donors (Lipinski definition) is 0. The smallest absolute Gasteiger partial charge is 0.152 e. The van der Waals surface area contributed by atoms with Crippen molar-refractivity contribution in [2.75, 3.05) is 39.8 Å². The Morgan fingerprint density at radius 1 is 0.952 bits per heavy atom. The molecular formula is C18H30N2O. The highest BCUT2D eigenvalue weighted by molar-refractivity contribution is 5.87. The molecule has 0 amide bonds. The molecule has 0 aromatic carbocycles. The normalized spacial score (nSPS) is 44.0. The Kier molecular flexibility index (Phi) is 3.61. The highest BCUT2D eigenvalue weighted by atomic mass is 16.1. The number of likely N-dealkylation sites (N-methyl/N-ethyl adjacent to an activating group) is 1. The van der Waals surface area contributed by atoms with Crippen molar-refractivity contribution >= 4 is 5.78 Å². The van der Waals surface area contributed by atoms with Gasteiger partial charge >= 0.3 is 0 Å². The summed E-state index contributed by atoms with van der Waals surface area (Å²) in [6, 6.07) is 0. The summed E-state index contributed by atoms with van der Waals surface area (Å²) in [5.41, 5.74) is 0.0936. The van der Waals surface area contributed by atoms with Crippen LogP contribution in [0.2, 0.25) is 0 Å². The number of nitrogens with zero attached hydrogens (tertiary/aromatic N) is 2. The predicted molar refractivity (Wildman–Crippen MR) is 84.2 cm³/mol. The van der Waals surface area contributed by atoms with Crippen molar-refractivity contribution < 1.29 is 4.79 Å². The number of carbonyl (C=O) groups excluding carboxylic acids is 1. The number of fused-ring (bicyclic) bond motifs is 1. The Labute approximate surface area is 129 Å². The van der Waals surface area contributed by atoms with Gasteiger partial charge in [0.1, 0.15) is 0 Å². The maximum Gasteiger partial charge on any atom is 0.152 e. The van der Waals surface area contributed by atoms with Crippen molar-refractivity contribution in [2.45, 2.75) is 44.9 Å². The second-order valence-corrected chi connectivity index (χ2v) is 8.54. The van der Waals surface area contributed by atoms with Gasteiger partial charge in [0, 0.05) is 31.6 Å². The van der Waals surface area contributed by atoms with Gasteiger partial charge in [0.05, 0.1) is 6.54 Å². The number of Topliss-reactive ketones (excluding diaryl/α,β-unsaturated/α-hetero) is 1. The molecule has 3 nitrogen and oxygen atoms in total. The second-order valence-electron chi connectivity index (χ2n) is 8.54. The number of hydrogen-bond acceptors (Lipinski definition) is 3. The van der Waals surface area contributed by atoms with Crippen LogP contribution in [0.3, 0.4) is 0 Å². The zero-order valence-corrected chi connectivity index (χ0v) is 13.5. The van der Waals surface area contributed by atoms with E-state index in [1.807, 2.05) is 0 Å². The SMILES string of the molecule is CN1CCN(CC(=O)C23CC4CCC(CC(C4)C2)C3)CC1. The second kappa shape index (κ2) is 5.34. The quantitative estimate of drug-likeness (QED) is 0.797. The predicted octanol–water partition coefficient (Wildman–Crippen LogP) is 2.41. The first-order valence-electron chi connectivity index (χ1n) is 9.07. The Bertz CT molecular complexity index is 397. The van der Waals surface area contributed by atoms with Crippen LogP contribution in [0.1, 0.15) is 44.9 Å². The summed E-state index contributed by atoms with van der Waals surface area (Å²) >= 11 is 0. The largest absolute Gasteiger partial charge is 0.304 e. The van der Waals surface area contributed by atoms with Crippen molar-refractivity contribution in [3.05, 3.63) is 0 Å². The third kappa shape index (κ3) is 2.68. The van der Waals surface area contributed by atoms with E-state index < -0.39 is 0 Å². The summed E-state index contributed by atoms with van der Waals surface area (Å²) in [5, 5.41) is 0. The lowest BCUT2D eigenvalue weighted by atomic mass is 9.57. The van der Waals surface area contributed by atoms with Crippen LogP contribution < -0.4 is 0 Å². The van der Waals surface area contributed by atoms with E-state index in [2.05, 4.69) is 16.8 Å². The van der Waals surface area contributed by atoms with Crippen LogP contribution in [0.25, 0.3) is 0 Å².